The van der Waals surface area contributed by atoms with Gasteiger partial charge in [0, 0.05) is 19.4 Å². The number of allylic oxidation sites excluding steroid dienone is 1. The van der Waals surface area contributed by atoms with Crippen molar-refractivity contribution in [2.24, 2.45) is 4.99 Å². The van der Waals surface area contributed by atoms with Crippen molar-refractivity contribution in [3.63, 3.8) is 0 Å². The SMILES string of the molecule is COCCOC(=O)C1=C(C)N=C2SC=C(CC(=O)NCc3ccc(F)cc3)N2C1c1ccc(C(C)C)cc1. The van der Waals surface area contributed by atoms with E-state index in [4.69, 9.17) is 9.47 Å². The molecule has 2 heterocycles. The van der Waals surface area contributed by atoms with Crippen LogP contribution in [0.3, 0.4) is 0 Å². The molecule has 7 nitrogen and oxygen atoms in total. The third kappa shape index (κ3) is 6.34. The van der Waals surface area contributed by atoms with E-state index in [0.29, 0.717) is 29.0 Å². The number of methoxy groups -OCH3 is 1. The lowest BCUT2D eigenvalue weighted by Gasteiger charge is -2.36. The maximum absolute atomic E-state index is 13.3. The predicted molar refractivity (Wildman–Crippen MR) is 147 cm³/mol. The molecule has 2 aliphatic heterocycles. The number of amidine groups is 1. The van der Waals surface area contributed by atoms with E-state index in [9.17, 15) is 14.0 Å². The molecule has 2 aromatic carbocycles. The van der Waals surface area contributed by atoms with Crippen LogP contribution in [-0.4, -0.2) is 42.3 Å². The quantitative estimate of drug-likeness (QED) is 0.322. The van der Waals surface area contributed by atoms with Gasteiger partial charge in [0.05, 0.1) is 30.3 Å². The van der Waals surface area contributed by atoms with Crippen molar-refractivity contribution >= 4 is 28.8 Å². The number of hydrogen-bond donors (Lipinski definition) is 1. The Morgan fingerprint density at radius 2 is 1.82 bits per heavy atom. The summed E-state index contributed by atoms with van der Waals surface area (Å²) in [4.78, 5) is 32.8. The van der Waals surface area contributed by atoms with Crippen molar-refractivity contribution in [3.8, 4) is 0 Å². The molecule has 2 aliphatic rings. The zero-order chi connectivity index (χ0) is 27.2. The minimum atomic E-state index is -0.495. The summed E-state index contributed by atoms with van der Waals surface area (Å²) in [5, 5.41) is 5.50. The number of amides is 1. The Hall–Kier alpha value is -3.43. The predicted octanol–water partition coefficient (Wildman–Crippen LogP) is 5.42. The van der Waals surface area contributed by atoms with E-state index < -0.39 is 12.0 Å². The summed E-state index contributed by atoms with van der Waals surface area (Å²) >= 11 is 1.42. The van der Waals surface area contributed by atoms with Crippen LogP contribution < -0.4 is 5.32 Å². The van der Waals surface area contributed by atoms with Gasteiger partial charge in [-0.05, 0) is 47.1 Å². The first-order valence-electron chi connectivity index (χ1n) is 12.5. The number of halogens is 1. The van der Waals surface area contributed by atoms with Crippen LogP contribution in [0.25, 0.3) is 0 Å². The van der Waals surface area contributed by atoms with Gasteiger partial charge >= 0.3 is 5.97 Å². The number of rotatable bonds is 10. The van der Waals surface area contributed by atoms with Crippen LogP contribution in [-0.2, 0) is 25.6 Å². The molecule has 1 N–H and O–H groups in total. The molecule has 0 radical (unpaired) electrons. The zero-order valence-electron chi connectivity index (χ0n) is 22.0. The van der Waals surface area contributed by atoms with Gasteiger partial charge in [-0.2, -0.15) is 0 Å². The Morgan fingerprint density at radius 3 is 2.47 bits per heavy atom. The van der Waals surface area contributed by atoms with E-state index in [0.717, 1.165) is 16.8 Å². The Labute approximate surface area is 226 Å². The molecule has 0 spiro atoms. The smallest absolute Gasteiger partial charge is 0.338 e. The minimum absolute atomic E-state index is 0.0961. The van der Waals surface area contributed by atoms with Crippen molar-refractivity contribution in [2.75, 3.05) is 20.3 Å². The zero-order valence-corrected chi connectivity index (χ0v) is 22.8. The summed E-state index contributed by atoms with van der Waals surface area (Å²) in [6, 6.07) is 13.7. The average Bonchev–Trinajstić information content (AvgIpc) is 3.29. The number of esters is 1. The third-order valence-corrected chi connectivity index (χ3v) is 7.29. The summed E-state index contributed by atoms with van der Waals surface area (Å²) in [5.74, 6) is -0.604. The molecule has 1 amide bonds. The van der Waals surface area contributed by atoms with Gasteiger partial charge in [-0.1, -0.05) is 62.0 Å². The average molecular weight is 538 g/mol. The number of thioether (sulfide) groups is 1. The highest BCUT2D eigenvalue weighted by Gasteiger charge is 2.41. The number of nitrogens with one attached hydrogen (secondary N) is 1. The van der Waals surface area contributed by atoms with Crippen LogP contribution >= 0.6 is 11.8 Å². The summed E-state index contributed by atoms with van der Waals surface area (Å²) in [7, 11) is 1.55. The fourth-order valence-corrected chi connectivity index (χ4v) is 5.30. The van der Waals surface area contributed by atoms with Crippen LogP contribution in [0, 0.1) is 5.82 Å². The number of aliphatic imine (C=N–C) groups is 1. The van der Waals surface area contributed by atoms with E-state index in [-0.39, 0.29) is 31.3 Å². The molecular weight excluding hydrogens is 505 g/mol. The number of hydrogen-bond acceptors (Lipinski definition) is 7. The molecule has 0 bridgehead atoms. The molecular formula is C29H32FN3O4S. The standard InChI is InChI=1S/C29H32FN3O4S/c1-18(2)21-7-9-22(10-8-21)27-26(28(35)37-14-13-36-4)19(3)32-29-33(27)24(17-38-29)15-25(34)31-16-20-5-11-23(30)12-6-20/h5-12,17-18,27H,13-16H2,1-4H3,(H,31,34). The Balaban J connectivity index is 1.59. The normalized spacial score (nSPS) is 16.8. The Bertz CT molecular complexity index is 1270. The van der Waals surface area contributed by atoms with Gasteiger partial charge in [0.25, 0.3) is 0 Å². The molecule has 0 saturated carbocycles. The second-order valence-electron chi connectivity index (χ2n) is 9.42. The first kappa shape index (κ1) is 27.6. The van der Waals surface area contributed by atoms with Crippen LogP contribution in [0.4, 0.5) is 4.39 Å². The largest absolute Gasteiger partial charge is 0.460 e. The number of carbonyl (C=O) groups excluding carboxylic acids is 2. The van der Waals surface area contributed by atoms with E-state index in [1.807, 2.05) is 22.4 Å². The molecule has 0 saturated heterocycles. The molecule has 38 heavy (non-hydrogen) atoms. The van der Waals surface area contributed by atoms with Gasteiger partial charge in [-0.3, -0.25) is 4.79 Å². The first-order chi connectivity index (χ1) is 18.3. The van der Waals surface area contributed by atoms with E-state index in [2.05, 4.69) is 36.3 Å². The number of benzene rings is 2. The molecule has 0 aromatic heterocycles. The van der Waals surface area contributed by atoms with Gasteiger partial charge < -0.3 is 19.7 Å². The van der Waals surface area contributed by atoms with Crippen LogP contribution in [0.5, 0.6) is 0 Å². The summed E-state index contributed by atoms with van der Waals surface area (Å²) < 4.78 is 23.8. The third-order valence-electron chi connectivity index (χ3n) is 6.40. The summed E-state index contributed by atoms with van der Waals surface area (Å²) in [6.07, 6.45) is 0.0961. The fraction of sp³-hybridized carbons (Fsp3) is 0.345. The van der Waals surface area contributed by atoms with Crippen LogP contribution in [0.2, 0.25) is 0 Å². The van der Waals surface area contributed by atoms with Gasteiger partial charge in [0.15, 0.2) is 5.17 Å². The first-order valence-corrected chi connectivity index (χ1v) is 13.4. The topological polar surface area (TPSA) is 80.2 Å². The Kier molecular flexibility index (Phi) is 9.01. The van der Waals surface area contributed by atoms with Gasteiger partial charge in [-0.25, -0.2) is 14.2 Å². The highest BCUT2D eigenvalue weighted by Crippen LogP contribution is 2.45. The van der Waals surface area contributed by atoms with Crippen molar-refractivity contribution in [1.82, 2.24) is 10.2 Å². The second kappa shape index (κ2) is 12.4. The molecule has 1 atom stereocenters. The monoisotopic (exact) mass is 537 g/mol. The lowest BCUT2D eigenvalue weighted by atomic mass is 9.92. The van der Waals surface area contributed by atoms with Gasteiger partial charge in [0.1, 0.15) is 12.4 Å². The van der Waals surface area contributed by atoms with Crippen molar-refractivity contribution < 1.29 is 23.5 Å². The fourth-order valence-electron chi connectivity index (χ4n) is 4.33. The van der Waals surface area contributed by atoms with Crippen molar-refractivity contribution in [3.05, 3.63) is 93.4 Å². The highest BCUT2D eigenvalue weighted by molar-refractivity contribution is 8.16. The van der Waals surface area contributed by atoms with E-state index >= 15 is 0 Å². The second-order valence-corrected chi connectivity index (χ2v) is 10.3. The van der Waals surface area contributed by atoms with E-state index in [1.54, 1.807) is 26.2 Å². The molecule has 2 aromatic rings. The van der Waals surface area contributed by atoms with Gasteiger partial charge in [0.2, 0.25) is 5.91 Å². The molecule has 1 unspecified atom stereocenters. The van der Waals surface area contributed by atoms with Crippen molar-refractivity contribution in [1.29, 1.82) is 0 Å². The summed E-state index contributed by atoms with van der Waals surface area (Å²) in [6.45, 7) is 6.78. The minimum Gasteiger partial charge on any atom is -0.460 e. The molecule has 200 valence electrons. The maximum Gasteiger partial charge on any atom is 0.338 e. The highest BCUT2D eigenvalue weighted by atomic mass is 32.2. The Morgan fingerprint density at radius 1 is 1.11 bits per heavy atom. The lowest BCUT2D eigenvalue weighted by Crippen LogP contribution is -2.38. The molecule has 4 rings (SSSR count). The maximum atomic E-state index is 13.3. The van der Waals surface area contributed by atoms with E-state index in [1.165, 1.54) is 29.5 Å². The van der Waals surface area contributed by atoms with Crippen LogP contribution in [0.15, 0.2) is 75.9 Å². The van der Waals surface area contributed by atoms with Crippen molar-refractivity contribution in [2.45, 2.75) is 45.7 Å². The lowest BCUT2D eigenvalue weighted by molar-refractivity contribution is -0.141. The number of fused-ring (bicyclic) bond motifs is 1. The van der Waals surface area contributed by atoms with Crippen LogP contribution in [0.1, 0.15) is 55.8 Å². The van der Waals surface area contributed by atoms with Gasteiger partial charge in [-0.15, -0.1) is 0 Å². The number of nitrogens with zero attached hydrogens (tertiary/aromatic N) is 2. The number of ether oxygens (including phenoxy) is 2. The number of carbonyl (C=O) groups is 2. The molecule has 0 fully saturated rings. The molecule has 0 aliphatic carbocycles. The summed E-state index contributed by atoms with van der Waals surface area (Å²) in [5.41, 5.74) is 4.65. The molecule has 9 heteroatoms.